The molecule has 5 nitrogen and oxygen atoms in total. The van der Waals surface area contributed by atoms with Crippen molar-refractivity contribution >= 4 is 23.3 Å². The van der Waals surface area contributed by atoms with E-state index in [0.717, 1.165) is 11.3 Å². The van der Waals surface area contributed by atoms with Gasteiger partial charge in [0.25, 0.3) is 0 Å². The molecule has 1 atom stereocenters. The monoisotopic (exact) mass is 388 g/mol. The molecule has 2 aromatic rings. The Morgan fingerprint density at radius 3 is 2.85 bits per heavy atom. The van der Waals surface area contributed by atoms with E-state index >= 15 is 0 Å². The lowest BCUT2D eigenvalue weighted by atomic mass is 9.96. The van der Waals surface area contributed by atoms with E-state index in [4.69, 9.17) is 11.6 Å². The number of rotatable bonds is 1. The zero-order valence-electron chi connectivity index (χ0n) is 15.8. The van der Waals surface area contributed by atoms with Crippen molar-refractivity contribution in [2.75, 3.05) is 5.32 Å². The highest BCUT2D eigenvalue weighted by molar-refractivity contribution is 6.31. The zero-order valence-corrected chi connectivity index (χ0v) is 16.5. The third-order valence-electron chi connectivity index (χ3n) is 4.30. The topological polar surface area (TPSA) is 61.0 Å². The minimum atomic E-state index is -0.522. The molecular formula is C20H22ClFN4O. The van der Waals surface area contributed by atoms with E-state index in [2.05, 4.69) is 27.4 Å². The van der Waals surface area contributed by atoms with Crippen LogP contribution in [-0.2, 0) is 13.0 Å². The quantitative estimate of drug-likeness (QED) is 0.702. The van der Waals surface area contributed by atoms with Crippen LogP contribution in [0.4, 0.5) is 14.9 Å². The Labute approximate surface area is 163 Å². The highest BCUT2D eigenvalue weighted by Gasteiger charge is 2.30. The van der Waals surface area contributed by atoms with Crippen LogP contribution >= 0.6 is 11.6 Å². The molecule has 0 radical (unpaired) electrons. The number of carbonyl (C=O) groups is 1. The summed E-state index contributed by atoms with van der Waals surface area (Å²) in [6.07, 6.45) is 0.664. The van der Waals surface area contributed by atoms with E-state index in [1.807, 2.05) is 27.7 Å². The SMILES string of the molecule is CC1Cc2[nH]nc(C#CC(C)(C)C)c2CN1C(=O)Nc1ccc(F)c(Cl)c1. The Hall–Kier alpha value is -2.52. The summed E-state index contributed by atoms with van der Waals surface area (Å²) < 4.78 is 13.3. The Morgan fingerprint density at radius 2 is 2.19 bits per heavy atom. The van der Waals surface area contributed by atoms with Crippen LogP contribution in [0, 0.1) is 23.1 Å². The summed E-state index contributed by atoms with van der Waals surface area (Å²) in [5.74, 6) is 5.78. The highest BCUT2D eigenvalue weighted by atomic mass is 35.5. The van der Waals surface area contributed by atoms with Gasteiger partial charge in [-0.3, -0.25) is 5.10 Å². The molecule has 0 fully saturated rings. The Kier molecular flexibility index (Phi) is 5.16. The van der Waals surface area contributed by atoms with Crippen molar-refractivity contribution in [3.8, 4) is 11.8 Å². The first-order valence-electron chi connectivity index (χ1n) is 8.76. The number of urea groups is 1. The largest absolute Gasteiger partial charge is 0.322 e. The van der Waals surface area contributed by atoms with Crippen LogP contribution in [0.15, 0.2) is 18.2 Å². The second kappa shape index (κ2) is 7.24. The standard InChI is InChI=1S/C20H22ClFN4O/c1-12-9-18-14(17(24-25-18)7-8-20(2,3)4)11-26(12)19(27)23-13-5-6-16(22)15(21)10-13/h5-6,10,12H,9,11H2,1-4H3,(H,23,27)(H,24,25). The number of H-pyrrole nitrogens is 1. The van der Waals surface area contributed by atoms with Gasteiger partial charge < -0.3 is 10.2 Å². The number of benzene rings is 1. The first-order chi connectivity index (χ1) is 12.6. The average Bonchev–Trinajstić information content (AvgIpc) is 2.96. The fourth-order valence-corrected chi connectivity index (χ4v) is 3.04. The average molecular weight is 389 g/mol. The second-order valence-electron chi connectivity index (χ2n) is 7.77. The number of nitrogens with zero attached hydrogens (tertiary/aromatic N) is 2. The van der Waals surface area contributed by atoms with Crippen LogP contribution in [0.25, 0.3) is 0 Å². The molecule has 27 heavy (non-hydrogen) atoms. The van der Waals surface area contributed by atoms with Gasteiger partial charge in [-0.2, -0.15) is 5.10 Å². The Bertz CT molecular complexity index is 936. The van der Waals surface area contributed by atoms with Crippen molar-refractivity contribution in [1.82, 2.24) is 15.1 Å². The lowest BCUT2D eigenvalue weighted by Gasteiger charge is -2.33. The second-order valence-corrected chi connectivity index (χ2v) is 8.18. The normalized spacial score (nSPS) is 16.4. The van der Waals surface area contributed by atoms with Gasteiger partial charge in [-0.1, -0.05) is 17.5 Å². The number of anilines is 1. The van der Waals surface area contributed by atoms with Gasteiger partial charge in [0.05, 0.1) is 11.6 Å². The molecule has 142 valence electrons. The van der Waals surface area contributed by atoms with E-state index in [0.29, 0.717) is 24.3 Å². The number of nitrogens with one attached hydrogen (secondary N) is 2. The molecule has 2 N–H and O–H groups in total. The van der Waals surface area contributed by atoms with Gasteiger partial charge in [0, 0.05) is 34.8 Å². The third kappa shape index (κ3) is 4.42. The predicted octanol–water partition coefficient (Wildman–Crippen LogP) is 4.58. The Morgan fingerprint density at radius 1 is 1.44 bits per heavy atom. The molecule has 2 heterocycles. The lowest BCUT2D eigenvalue weighted by Crippen LogP contribution is -2.44. The maximum absolute atomic E-state index is 13.3. The first kappa shape index (κ1) is 19.2. The highest BCUT2D eigenvalue weighted by Crippen LogP contribution is 2.26. The lowest BCUT2D eigenvalue weighted by molar-refractivity contribution is 0.182. The number of carbonyl (C=O) groups excluding carboxylic acids is 1. The van der Waals surface area contributed by atoms with Crippen molar-refractivity contribution in [3.63, 3.8) is 0 Å². The number of aromatic nitrogens is 2. The molecule has 2 amide bonds. The van der Waals surface area contributed by atoms with E-state index in [1.165, 1.54) is 18.2 Å². The van der Waals surface area contributed by atoms with Crippen molar-refractivity contribution in [2.24, 2.45) is 5.41 Å². The molecule has 1 unspecified atom stereocenters. The van der Waals surface area contributed by atoms with Gasteiger partial charge in [-0.05, 0) is 51.8 Å². The van der Waals surface area contributed by atoms with Gasteiger partial charge in [0.15, 0.2) is 0 Å². The van der Waals surface area contributed by atoms with E-state index in [1.54, 1.807) is 4.90 Å². The third-order valence-corrected chi connectivity index (χ3v) is 4.59. The maximum Gasteiger partial charge on any atom is 0.322 e. The summed E-state index contributed by atoms with van der Waals surface area (Å²) >= 11 is 5.79. The van der Waals surface area contributed by atoms with E-state index in [-0.39, 0.29) is 22.5 Å². The molecule has 0 spiro atoms. The van der Waals surface area contributed by atoms with Crippen LogP contribution in [0.3, 0.4) is 0 Å². The van der Waals surface area contributed by atoms with Crippen LogP contribution in [0.5, 0.6) is 0 Å². The summed E-state index contributed by atoms with van der Waals surface area (Å²) in [5.41, 5.74) is 2.94. The van der Waals surface area contributed by atoms with Gasteiger partial charge in [-0.25, -0.2) is 9.18 Å². The molecule has 0 saturated carbocycles. The van der Waals surface area contributed by atoms with Gasteiger partial charge in [-0.15, -0.1) is 0 Å². The molecular weight excluding hydrogens is 367 g/mol. The molecule has 0 aliphatic carbocycles. The van der Waals surface area contributed by atoms with Crippen LogP contribution in [-0.4, -0.2) is 27.2 Å². The van der Waals surface area contributed by atoms with Gasteiger partial charge in [0.1, 0.15) is 11.5 Å². The van der Waals surface area contributed by atoms with Crippen molar-refractivity contribution in [3.05, 3.63) is 46.0 Å². The van der Waals surface area contributed by atoms with Crippen molar-refractivity contribution in [2.45, 2.75) is 46.7 Å². The number of amides is 2. The summed E-state index contributed by atoms with van der Waals surface area (Å²) in [6.45, 7) is 8.49. The molecule has 0 saturated heterocycles. The van der Waals surface area contributed by atoms with Crippen molar-refractivity contribution in [1.29, 1.82) is 0 Å². The molecule has 1 aliphatic heterocycles. The number of fused-ring (bicyclic) bond motifs is 1. The fourth-order valence-electron chi connectivity index (χ4n) is 2.86. The smallest absolute Gasteiger partial charge is 0.317 e. The number of hydrogen-bond acceptors (Lipinski definition) is 2. The summed E-state index contributed by atoms with van der Waals surface area (Å²) in [7, 11) is 0. The molecule has 7 heteroatoms. The molecule has 1 aromatic carbocycles. The minimum Gasteiger partial charge on any atom is -0.317 e. The molecule has 3 rings (SSSR count). The van der Waals surface area contributed by atoms with Gasteiger partial charge >= 0.3 is 6.03 Å². The minimum absolute atomic E-state index is 0.0164. The fraction of sp³-hybridized carbons (Fsp3) is 0.400. The summed E-state index contributed by atoms with van der Waals surface area (Å²) in [6, 6.07) is 3.82. The molecule has 0 bridgehead atoms. The van der Waals surface area contributed by atoms with Crippen LogP contribution in [0.1, 0.15) is 44.6 Å². The van der Waals surface area contributed by atoms with E-state index in [9.17, 15) is 9.18 Å². The first-order valence-corrected chi connectivity index (χ1v) is 9.14. The van der Waals surface area contributed by atoms with Crippen molar-refractivity contribution < 1.29 is 9.18 Å². The maximum atomic E-state index is 13.3. The van der Waals surface area contributed by atoms with Gasteiger partial charge in [0.2, 0.25) is 0 Å². The summed E-state index contributed by atoms with van der Waals surface area (Å²) in [5, 5.41) is 10.1. The number of halogens is 2. The van der Waals surface area contributed by atoms with Crippen LogP contribution < -0.4 is 5.32 Å². The number of aromatic amines is 1. The van der Waals surface area contributed by atoms with E-state index < -0.39 is 5.82 Å². The summed E-state index contributed by atoms with van der Waals surface area (Å²) in [4.78, 5) is 14.5. The Balaban J connectivity index is 1.80. The predicted molar refractivity (Wildman–Crippen MR) is 104 cm³/mol. The zero-order chi connectivity index (χ0) is 19.8. The molecule has 1 aromatic heterocycles. The van der Waals surface area contributed by atoms with Crippen LogP contribution in [0.2, 0.25) is 5.02 Å². The number of hydrogen-bond donors (Lipinski definition) is 2. The molecule has 1 aliphatic rings.